The first-order valence-corrected chi connectivity index (χ1v) is 11.9. The van der Waals surface area contributed by atoms with E-state index in [1.54, 1.807) is 0 Å². The highest BCUT2D eigenvalue weighted by Crippen LogP contribution is 2.23. The van der Waals surface area contributed by atoms with Gasteiger partial charge in [-0.2, -0.15) is 0 Å². The lowest BCUT2D eigenvalue weighted by atomic mass is 10.1. The van der Waals surface area contributed by atoms with Gasteiger partial charge < -0.3 is 5.32 Å². The number of amides is 1. The molecule has 0 spiro atoms. The van der Waals surface area contributed by atoms with E-state index in [2.05, 4.69) is 16.3 Å². The van der Waals surface area contributed by atoms with Gasteiger partial charge in [-0.3, -0.25) is 24.1 Å². The van der Waals surface area contributed by atoms with Crippen LogP contribution < -0.4 is 9.62 Å². The van der Waals surface area contributed by atoms with E-state index in [-0.39, 0.29) is 17.9 Å². The van der Waals surface area contributed by atoms with Crippen LogP contribution in [0.3, 0.4) is 0 Å². The average Bonchev–Trinajstić information content (AvgIpc) is 3.23. The lowest BCUT2D eigenvalue weighted by Crippen LogP contribution is -2.40. The third kappa shape index (κ3) is 6.50. The summed E-state index contributed by atoms with van der Waals surface area (Å²) in [5.74, 6) is -0.498. The highest BCUT2D eigenvalue weighted by atomic mass is 32.2. The normalized spacial score (nSPS) is 14.4. The third-order valence-corrected chi connectivity index (χ3v) is 6.24. The zero-order valence-electron chi connectivity index (χ0n) is 17.4. The maximum absolute atomic E-state index is 12.5. The fourth-order valence-electron chi connectivity index (χ4n) is 3.59. The number of benzene rings is 2. The zero-order valence-corrected chi connectivity index (χ0v) is 18.2. The van der Waals surface area contributed by atoms with Crippen LogP contribution in [0.2, 0.25) is 0 Å². The van der Waals surface area contributed by atoms with E-state index in [9.17, 15) is 23.3 Å². The Kier molecular flexibility index (Phi) is 7.24. The minimum atomic E-state index is -3.81. The molecule has 1 N–H and O–H groups in total. The van der Waals surface area contributed by atoms with Crippen LogP contribution in [0.25, 0.3) is 0 Å². The maximum atomic E-state index is 12.5. The zero-order chi connectivity index (χ0) is 22.4. The fraction of sp³-hybridized carbons (Fsp3) is 0.381. The molecular weight excluding hydrogens is 420 g/mol. The molecule has 0 aliphatic carbocycles. The Labute approximate surface area is 181 Å². The van der Waals surface area contributed by atoms with Crippen molar-refractivity contribution in [3.05, 3.63) is 69.8 Å². The summed E-state index contributed by atoms with van der Waals surface area (Å²) < 4.78 is 25.3. The van der Waals surface area contributed by atoms with Crippen LogP contribution in [-0.4, -0.2) is 50.0 Å². The Morgan fingerprint density at radius 2 is 1.81 bits per heavy atom. The molecule has 9 nitrogen and oxygen atoms in total. The van der Waals surface area contributed by atoms with Crippen LogP contribution in [0.15, 0.2) is 48.5 Å². The molecule has 2 aromatic rings. The number of hydrogen-bond donors (Lipinski definition) is 1. The Morgan fingerprint density at radius 3 is 2.48 bits per heavy atom. The summed E-state index contributed by atoms with van der Waals surface area (Å²) in [5, 5.41) is 13.7. The van der Waals surface area contributed by atoms with Crippen molar-refractivity contribution < 1.29 is 18.1 Å². The lowest BCUT2D eigenvalue weighted by Gasteiger charge is -2.21. The molecule has 2 aromatic carbocycles. The SMILES string of the molecule is CS(=O)(=O)N(CC(=O)NCc1cccc(CN2CCCC2)c1)c1cccc([N+](=O)[O-])c1. The molecule has 1 saturated heterocycles. The summed E-state index contributed by atoms with van der Waals surface area (Å²) in [7, 11) is -3.81. The largest absolute Gasteiger partial charge is 0.350 e. The summed E-state index contributed by atoms with van der Waals surface area (Å²) >= 11 is 0. The van der Waals surface area contributed by atoms with Gasteiger partial charge >= 0.3 is 0 Å². The first kappa shape index (κ1) is 22.7. The smallest absolute Gasteiger partial charge is 0.271 e. The molecule has 0 bridgehead atoms. The van der Waals surface area contributed by atoms with Crippen LogP contribution in [0.1, 0.15) is 24.0 Å². The molecule has 31 heavy (non-hydrogen) atoms. The second kappa shape index (κ2) is 9.88. The number of sulfonamides is 1. The van der Waals surface area contributed by atoms with Crippen LogP contribution in [-0.2, 0) is 27.9 Å². The molecule has 1 heterocycles. The number of rotatable bonds is 9. The molecule has 1 aliphatic rings. The fourth-order valence-corrected chi connectivity index (χ4v) is 4.43. The Bertz CT molecular complexity index is 1050. The Balaban J connectivity index is 1.64. The first-order chi connectivity index (χ1) is 14.7. The summed E-state index contributed by atoms with van der Waals surface area (Å²) in [6, 6.07) is 13.1. The second-order valence-corrected chi connectivity index (χ2v) is 9.53. The van der Waals surface area contributed by atoms with E-state index in [0.717, 1.165) is 41.8 Å². The van der Waals surface area contributed by atoms with Gasteiger partial charge in [0.25, 0.3) is 5.69 Å². The standard InChI is InChI=1S/C21H26N4O5S/c1-31(29,30)24(19-8-5-9-20(13-19)25(27)28)16-21(26)22-14-17-6-4-7-18(12-17)15-23-10-2-3-11-23/h4-9,12-13H,2-3,10-11,14-16H2,1H3,(H,22,26). The second-order valence-electron chi connectivity index (χ2n) is 7.63. The molecule has 1 amide bonds. The highest BCUT2D eigenvalue weighted by molar-refractivity contribution is 7.92. The number of likely N-dealkylation sites (tertiary alicyclic amines) is 1. The van der Waals surface area contributed by atoms with E-state index < -0.39 is 27.4 Å². The van der Waals surface area contributed by atoms with Gasteiger partial charge in [0.15, 0.2) is 0 Å². The van der Waals surface area contributed by atoms with Crippen molar-refractivity contribution in [3.8, 4) is 0 Å². The van der Waals surface area contributed by atoms with Gasteiger partial charge in [0.05, 0.1) is 16.9 Å². The van der Waals surface area contributed by atoms with Gasteiger partial charge in [0, 0.05) is 25.2 Å². The minimum Gasteiger partial charge on any atom is -0.350 e. The number of carbonyl (C=O) groups excluding carboxylic acids is 1. The van der Waals surface area contributed by atoms with Gasteiger partial charge in [0.1, 0.15) is 6.54 Å². The molecule has 0 aromatic heterocycles. The van der Waals surface area contributed by atoms with Crippen molar-refractivity contribution in [1.82, 2.24) is 10.2 Å². The predicted molar refractivity (Wildman–Crippen MR) is 118 cm³/mol. The molecular formula is C21H26N4O5S. The predicted octanol–water partition coefficient (Wildman–Crippen LogP) is 2.27. The van der Waals surface area contributed by atoms with Crippen molar-refractivity contribution in [2.45, 2.75) is 25.9 Å². The summed E-state index contributed by atoms with van der Waals surface area (Å²) in [4.78, 5) is 25.2. The average molecular weight is 447 g/mol. The van der Waals surface area contributed by atoms with E-state index in [1.807, 2.05) is 18.2 Å². The molecule has 166 valence electrons. The Morgan fingerprint density at radius 1 is 1.13 bits per heavy atom. The topological polar surface area (TPSA) is 113 Å². The van der Waals surface area contributed by atoms with Gasteiger partial charge in [0.2, 0.25) is 15.9 Å². The van der Waals surface area contributed by atoms with Crippen molar-refractivity contribution in [2.24, 2.45) is 0 Å². The van der Waals surface area contributed by atoms with E-state index in [1.165, 1.54) is 36.6 Å². The monoisotopic (exact) mass is 446 g/mol. The number of nitro groups is 1. The van der Waals surface area contributed by atoms with Crippen LogP contribution in [0.5, 0.6) is 0 Å². The van der Waals surface area contributed by atoms with Gasteiger partial charge in [-0.1, -0.05) is 30.3 Å². The maximum Gasteiger partial charge on any atom is 0.271 e. The number of anilines is 1. The quantitative estimate of drug-likeness (QED) is 0.467. The molecule has 3 rings (SSSR count). The highest BCUT2D eigenvalue weighted by Gasteiger charge is 2.22. The number of hydrogen-bond acceptors (Lipinski definition) is 6. The van der Waals surface area contributed by atoms with Crippen molar-refractivity contribution >= 4 is 27.3 Å². The summed E-state index contributed by atoms with van der Waals surface area (Å²) in [5.41, 5.74) is 1.91. The number of nitro benzene ring substituents is 1. The number of nitrogens with zero attached hydrogens (tertiary/aromatic N) is 3. The molecule has 0 radical (unpaired) electrons. The third-order valence-electron chi connectivity index (χ3n) is 5.10. The molecule has 1 aliphatic heterocycles. The van der Waals surface area contributed by atoms with Gasteiger partial charge in [-0.25, -0.2) is 8.42 Å². The van der Waals surface area contributed by atoms with E-state index >= 15 is 0 Å². The van der Waals surface area contributed by atoms with Crippen molar-refractivity contribution in [1.29, 1.82) is 0 Å². The van der Waals surface area contributed by atoms with Crippen LogP contribution in [0, 0.1) is 10.1 Å². The summed E-state index contributed by atoms with van der Waals surface area (Å²) in [6.45, 7) is 2.86. The molecule has 1 fully saturated rings. The number of carbonyl (C=O) groups is 1. The molecule has 10 heteroatoms. The van der Waals surface area contributed by atoms with Gasteiger partial charge in [-0.05, 0) is 43.1 Å². The molecule has 0 saturated carbocycles. The van der Waals surface area contributed by atoms with Crippen molar-refractivity contribution in [2.75, 3.05) is 30.2 Å². The summed E-state index contributed by atoms with van der Waals surface area (Å²) in [6.07, 6.45) is 3.40. The minimum absolute atomic E-state index is 0.0689. The van der Waals surface area contributed by atoms with Crippen molar-refractivity contribution in [3.63, 3.8) is 0 Å². The van der Waals surface area contributed by atoms with Gasteiger partial charge in [-0.15, -0.1) is 0 Å². The number of non-ortho nitro benzene ring substituents is 1. The van der Waals surface area contributed by atoms with E-state index in [4.69, 9.17) is 0 Å². The number of nitrogens with one attached hydrogen (secondary N) is 1. The first-order valence-electron chi connectivity index (χ1n) is 10.0. The van der Waals surface area contributed by atoms with E-state index in [0.29, 0.717) is 0 Å². The van der Waals surface area contributed by atoms with Crippen LogP contribution in [0.4, 0.5) is 11.4 Å². The lowest BCUT2D eigenvalue weighted by molar-refractivity contribution is -0.384. The Hall–Kier alpha value is -2.98. The molecule has 0 unspecified atom stereocenters. The molecule has 0 atom stereocenters. The van der Waals surface area contributed by atoms with Crippen LogP contribution >= 0.6 is 0 Å².